The zero-order valence-electron chi connectivity index (χ0n) is 9.46. The van der Waals surface area contributed by atoms with Crippen molar-refractivity contribution >= 4 is 5.69 Å². The fourth-order valence-corrected chi connectivity index (χ4v) is 1.43. The van der Waals surface area contributed by atoms with Crippen LogP contribution in [0.15, 0.2) is 24.3 Å². The Morgan fingerprint density at radius 2 is 2.00 bits per heavy atom. The summed E-state index contributed by atoms with van der Waals surface area (Å²) in [4.78, 5) is 0. The fraction of sp³-hybridized carbons (Fsp3) is 0.462. The van der Waals surface area contributed by atoms with Crippen molar-refractivity contribution in [2.24, 2.45) is 0 Å². The molecule has 1 N–H and O–H groups in total. The topological polar surface area (TPSA) is 35.8 Å². The molecule has 0 aliphatic rings. The molecule has 0 aromatic heterocycles. The number of hydrogen-bond donors (Lipinski definition) is 1. The van der Waals surface area contributed by atoms with Crippen LogP contribution in [0.1, 0.15) is 31.7 Å². The van der Waals surface area contributed by atoms with Gasteiger partial charge >= 0.3 is 0 Å². The highest BCUT2D eigenvalue weighted by Gasteiger charge is 2.05. The normalized spacial score (nSPS) is 11.8. The van der Waals surface area contributed by atoms with Gasteiger partial charge in [-0.2, -0.15) is 5.26 Å². The standard InChI is InChI=1S/C13H18N2/c1-3-4-5-13(10-14)15-12-8-6-11(2)7-9-12/h6-9,13,15H,3-5H2,1-2H3. The first-order chi connectivity index (χ1) is 7.26. The van der Waals surface area contributed by atoms with Crippen molar-refractivity contribution in [2.75, 3.05) is 5.32 Å². The van der Waals surface area contributed by atoms with Crippen molar-refractivity contribution in [1.82, 2.24) is 0 Å². The van der Waals surface area contributed by atoms with Gasteiger partial charge < -0.3 is 5.32 Å². The average Bonchev–Trinajstić information content (AvgIpc) is 2.27. The molecule has 1 unspecified atom stereocenters. The molecule has 15 heavy (non-hydrogen) atoms. The largest absolute Gasteiger partial charge is 0.370 e. The van der Waals surface area contributed by atoms with E-state index in [2.05, 4.69) is 37.4 Å². The van der Waals surface area contributed by atoms with Gasteiger partial charge in [0.05, 0.1) is 6.07 Å². The summed E-state index contributed by atoms with van der Waals surface area (Å²) in [6, 6.07) is 10.4. The molecule has 0 amide bonds. The second-order valence-electron chi connectivity index (χ2n) is 3.83. The van der Waals surface area contributed by atoms with Crippen LogP contribution in [0.4, 0.5) is 5.69 Å². The van der Waals surface area contributed by atoms with Gasteiger partial charge in [0.2, 0.25) is 0 Å². The van der Waals surface area contributed by atoms with Crippen LogP contribution < -0.4 is 5.32 Å². The van der Waals surface area contributed by atoms with Crippen LogP contribution in [0.5, 0.6) is 0 Å². The summed E-state index contributed by atoms with van der Waals surface area (Å²) in [5.74, 6) is 0. The Morgan fingerprint density at radius 1 is 1.33 bits per heavy atom. The van der Waals surface area contributed by atoms with E-state index in [1.165, 1.54) is 5.56 Å². The van der Waals surface area contributed by atoms with Crippen LogP contribution in [-0.2, 0) is 0 Å². The molecule has 0 spiro atoms. The van der Waals surface area contributed by atoms with Gasteiger partial charge in [-0.25, -0.2) is 0 Å². The molecule has 0 fully saturated rings. The first-order valence-electron chi connectivity index (χ1n) is 5.49. The second kappa shape index (κ2) is 6.08. The lowest BCUT2D eigenvalue weighted by atomic mass is 10.1. The number of nitrogens with one attached hydrogen (secondary N) is 1. The Hall–Kier alpha value is -1.49. The Balaban J connectivity index is 2.52. The average molecular weight is 202 g/mol. The number of rotatable bonds is 5. The van der Waals surface area contributed by atoms with E-state index in [1.807, 2.05) is 12.1 Å². The minimum Gasteiger partial charge on any atom is -0.370 e. The molecular formula is C13H18N2. The minimum absolute atomic E-state index is 0.0624. The van der Waals surface area contributed by atoms with Crippen LogP contribution >= 0.6 is 0 Å². The van der Waals surface area contributed by atoms with Crippen molar-refractivity contribution in [3.05, 3.63) is 29.8 Å². The van der Waals surface area contributed by atoms with Crippen LogP contribution in [0.2, 0.25) is 0 Å². The number of nitriles is 1. The SMILES string of the molecule is CCCCC(C#N)Nc1ccc(C)cc1. The summed E-state index contributed by atoms with van der Waals surface area (Å²) < 4.78 is 0. The van der Waals surface area contributed by atoms with E-state index in [-0.39, 0.29) is 6.04 Å². The molecule has 0 aliphatic carbocycles. The van der Waals surface area contributed by atoms with E-state index < -0.39 is 0 Å². The molecule has 0 radical (unpaired) electrons. The molecule has 0 bridgehead atoms. The first-order valence-corrected chi connectivity index (χ1v) is 5.49. The number of benzene rings is 1. The quantitative estimate of drug-likeness (QED) is 0.793. The summed E-state index contributed by atoms with van der Waals surface area (Å²) in [5, 5.41) is 12.2. The van der Waals surface area contributed by atoms with Gasteiger partial charge in [-0.3, -0.25) is 0 Å². The Labute approximate surface area is 91.9 Å². The van der Waals surface area contributed by atoms with Gasteiger partial charge in [0.25, 0.3) is 0 Å². The molecule has 1 aromatic carbocycles. The molecule has 0 aliphatic heterocycles. The van der Waals surface area contributed by atoms with Crippen molar-refractivity contribution in [2.45, 2.75) is 39.2 Å². The monoisotopic (exact) mass is 202 g/mol. The van der Waals surface area contributed by atoms with Gasteiger partial charge in [0.1, 0.15) is 6.04 Å². The van der Waals surface area contributed by atoms with E-state index >= 15 is 0 Å². The zero-order chi connectivity index (χ0) is 11.1. The molecule has 1 aromatic rings. The third-order valence-corrected chi connectivity index (χ3v) is 2.39. The van der Waals surface area contributed by atoms with E-state index in [1.54, 1.807) is 0 Å². The van der Waals surface area contributed by atoms with Crippen molar-refractivity contribution in [3.8, 4) is 6.07 Å². The third-order valence-electron chi connectivity index (χ3n) is 2.39. The molecule has 0 heterocycles. The van der Waals surface area contributed by atoms with Gasteiger partial charge in [-0.05, 0) is 25.5 Å². The molecule has 0 saturated carbocycles. The first kappa shape index (κ1) is 11.6. The highest BCUT2D eigenvalue weighted by molar-refractivity contribution is 5.46. The van der Waals surface area contributed by atoms with E-state index in [0.29, 0.717) is 0 Å². The summed E-state index contributed by atoms with van der Waals surface area (Å²) in [6.45, 7) is 4.20. The Morgan fingerprint density at radius 3 is 2.53 bits per heavy atom. The highest BCUT2D eigenvalue weighted by Crippen LogP contribution is 2.12. The smallest absolute Gasteiger partial charge is 0.114 e. The molecular weight excluding hydrogens is 184 g/mol. The van der Waals surface area contributed by atoms with Gasteiger partial charge in [0, 0.05) is 5.69 Å². The number of aryl methyl sites for hydroxylation is 1. The maximum Gasteiger partial charge on any atom is 0.114 e. The third kappa shape index (κ3) is 4.03. The summed E-state index contributed by atoms with van der Waals surface area (Å²) in [5.41, 5.74) is 2.27. The molecule has 0 saturated heterocycles. The lowest BCUT2D eigenvalue weighted by Gasteiger charge is -2.12. The maximum absolute atomic E-state index is 8.96. The number of hydrogen-bond acceptors (Lipinski definition) is 2. The molecule has 1 rings (SSSR count). The molecule has 80 valence electrons. The molecule has 2 nitrogen and oxygen atoms in total. The Bertz CT molecular complexity index is 321. The van der Waals surface area contributed by atoms with E-state index in [4.69, 9.17) is 5.26 Å². The molecule has 1 atom stereocenters. The second-order valence-corrected chi connectivity index (χ2v) is 3.83. The molecule has 2 heteroatoms. The maximum atomic E-state index is 8.96. The van der Waals surface area contributed by atoms with E-state index in [9.17, 15) is 0 Å². The highest BCUT2D eigenvalue weighted by atomic mass is 14.9. The van der Waals surface area contributed by atoms with Crippen molar-refractivity contribution in [3.63, 3.8) is 0 Å². The predicted octanol–water partition coefficient (Wildman–Crippen LogP) is 3.49. The summed E-state index contributed by atoms with van der Waals surface area (Å²) in [6.07, 6.45) is 3.14. The minimum atomic E-state index is -0.0624. The van der Waals surface area contributed by atoms with Crippen LogP contribution in [-0.4, -0.2) is 6.04 Å². The summed E-state index contributed by atoms with van der Waals surface area (Å²) in [7, 11) is 0. The van der Waals surface area contributed by atoms with Crippen LogP contribution in [0.3, 0.4) is 0 Å². The number of nitrogens with zero attached hydrogens (tertiary/aromatic N) is 1. The van der Waals surface area contributed by atoms with Crippen molar-refractivity contribution in [1.29, 1.82) is 5.26 Å². The summed E-state index contributed by atoms with van der Waals surface area (Å²) >= 11 is 0. The lowest BCUT2D eigenvalue weighted by Crippen LogP contribution is -2.16. The zero-order valence-corrected chi connectivity index (χ0v) is 9.46. The van der Waals surface area contributed by atoms with E-state index in [0.717, 1.165) is 24.9 Å². The number of anilines is 1. The lowest BCUT2D eigenvalue weighted by molar-refractivity contribution is 0.687. The predicted molar refractivity (Wildman–Crippen MR) is 63.7 cm³/mol. The van der Waals surface area contributed by atoms with Gasteiger partial charge in [-0.1, -0.05) is 37.5 Å². The van der Waals surface area contributed by atoms with Crippen molar-refractivity contribution < 1.29 is 0 Å². The number of unbranched alkanes of at least 4 members (excludes halogenated alkanes) is 1. The Kier molecular flexibility index (Phi) is 4.70. The fourth-order valence-electron chi connectivity index (χ4n) is 1.43. The van der Waals surface area contributed by atoms with Gasteiger partial charge in [-0.15, -0.1) is 0 Å². The van der Waals surface area contributed by atoms with Crippen LogP contribution in [0.25, 0.3) is 0 Å². The van der Waals surface area contributed by atoms with Gasteiger partial charge in [0.15, 0.2) is 0 Å². The van der Waals surface area contributed by atoms with Crippen LogP contribution in [0, 0.1) is 18.3 Å².